The predicted octanol–water partition coefficient (Wildman–Crippen LogP) is 1.54. The van der Waals surface area contributed by atoms with E-state index in [1.54, 1.807) is 7.05 Å². The summed E-state index contributed by atoms with van der Waals surface area (Å²) in [5, 5.41) is 6.02. The number of amides is 1. The zero-order valence-electron chi connectivity index (χ0n) is 12.4. The van der Waals surface area contributed by atoms with Crippen LogP contribution in [0.2, 0.25) is 0 Å². The molecule has 0 aliphatic carbocycles. The average molecular weight is 266 g/mol. The lowest BCUT2D eigenvalue weighted by Gasteiger charge is -2.19. The summed E-state index contributed by atoms with van der Waals surface area (Å²) in [6.07, 6.45) is 5.70. The number of hydrogen-bond donors (Lipinski definition) is 2. The zero-order valence-corrected chi connectivity index (χ0v) is 12.4. The topological polar surface area (TPSA) is 59.0 Å². The molecule has 1 aromatic heterocycles. The maximum Gasteiger partial charge on any atom is 0.236 e. The minimum Gasteiger partial charge on any atom is -0.358 e. The number of imidazole rings is 1. The van der Waals surface area contributed by atoms with Crippen molar-refractivity contribution in [2.24, 2.45) is 5.92 Å². The molecule has 1 unspecified atom stereocenters. The second-order valence-corrected chi connectivity index (χ2v) is 5.21. The summed E-state index contributed by atoms with van der Waals surface area (Å²) >= 11 is 0. The highest BCUT2D eigenvalue weighted by atomic mass is 16.2. The number of carbonyl (C=O) groups is 1. The number of nitrogens with one attached hydrogen (secondary N) is 2. The monoisotopic (exact) mass is 266 g/mol. The van der Waals surface area contributed by atoms with E-state index in [0.717, 1.165) is 25.2 Å². The van der Waals surface area contributed by atoms with Gasteiger partial charge < -0.3 is 9.88 Å². The fourth-order valence-electron chi connectivity index (χ4n) is 2.09. The Morgan fingerprint density at radius 2 is 2.21 bits per heavy atom. The van der Waals surface area contributed by atoms with Crippen LogP contribution < -0.4 is 10.6 Å². The first-order valence-corrected chi connectivity index (χ1v) is 7.03. The minimum absolute atomic E-state index is 0.0438. The van der Waals surface area contributed by atoms with Gasteiger partial charge in [0, 0.05) is 26.0 Å². The number of nitrogens with zero attached hydrogens (tertiary/aromatic N) is 2. The quantitative estimate of drug-likeness (QED) is 0.750. The number of likely N-dealkylation sites (N-methyl/N-ethyl adjacent to an activating group) is 1. The van der Waals surface area contributed by atoms with Gasteiger partial charge in [-0.1, -0.05) is 20.8 Å². The molecule has 0 saturated carbocycles. The van der Waals surface area contributed by atoms with Crippen LogP contribution in [0.3, 0.4) is 0 Å². The van der Waals surface area contributed by atoms with Gasteiger partial charge in [-0.2, -0.15) is 0 Å². The molecule has 1 rings (SSSR count). The highest BCUT2D eigenvalue weighted by Gasteiger charge is 2.18. The summed E-state index contributed by atoms with van der Waals surface area (Å²) in [5.74, 6) is 1.51. The van der Waals surface area contributed by atoms with E-state index < -0.39 is 0 Å². The van der Waals surface area contributed by atoms with Crippen molar-refractivity contribution in [3.8, 4) is 0 Å². The number of hydrogen-bond acceptors (Lipinski definition) is 3. The summed E-state index contributed by atoms with van der Waals surface area (Å²) < 4.78 is 2.13. The molecule has 108 valence electrons. The smallest absolute Gasteiger partial charge is 0.236 e. The lowest BCUT2D eigenvalue weighted by molar-refractivity contribution is -0.123. The van der Waals surface area contributed by atoms with Crippen molar-refractivity contribution in [2.75, 3.05) is 7.05 Å². The SMILES string of the molecule is CCCn1ccnc1CNC(CC(C)C)C(=O)NC. The van der Waals surface area contributed by atoms with Crippen molar-refractivity contribution in [2.45, 2.75) is 52.7 Å². The fraction of sp³-hybridized carbons (Fsp3) is 0.714. The van der Waals surface area contributed by atoms with Gasteiger partial charge >= 0.3 is 0 Å². The highest BCUT2D eigenvalue weighted by Crippen LogP contribution is 2.06. The standard InChI is InChI=1S/C14H26N4O/c1-5-7-18-8-6-16-13(18)10-17-12(9-11(2)3)14(19)15-4/h6,8,11-12,17H,5,7,9-10H2,1-4H3,(H,15,19). The van der Waals surface area contributed by atoms with E-state index in [1.807, 2.05) is 12.4 Å². The Balaban J connectivity index is 2.59. The van der Waals surface area contributed by atoms with Gasteiger partial charge in [-0.05, 0) is 18.8 Å². The number of rotatable bonds is 8. The number of carbonyl (C=O) groups excluding carboxylic acids is 1. The minimum atomic E-state index is -0.156. The van der Waals surface area contributed by atoms with Crippen molar-refractivity contribution < 1.29 is 4.79 Å². The van der Waals surface area contributed by atoms with Crippen LogP contribution >= 0.6 is 0 Å². The number of aryl methyl sites for hydroxylation is 1. The molecule has 1 amide bonds. The Bertz CT molecular complexity index is 387. The Morgan fingerprint density at radius 3 is 2.79 bits per heavy atom. The molecule has 0 aliphatic rings. The van der Waals surface area contributed by atoms with Crippen molar-refractivity contribution in [1.29, 1.82) is 0 Å². The molecule has 19 heavy (non-hydrogen) atoms. The number of aromatic nitrogens is 2. The highest BCUT2D eigenvalue weighted by molar-refractivity contribution is 5.81. The summed E-state index contributed by atoms with van der Waals surface area (Å²) in [6, 6.07) is -0.156. The van der Waals surface area contributed by atoms with Gasteiger partial charge in [0.15, 0.2) is 0 Å². The van der Waals surface area contributed by atoms with Crippen LogP contribution in [0.4, 0.5) is 0 Å². The first kappa shape index (κ1) is 15.7. The van der Waals surface area contributed by atoms with Gasteiger partial charge in [0.2, 0.25) is 5.91 Å². The second kappa shape index (κ2) is 7.94. The van der Waals surface area contributed by atoms with E-state index in [4.69, 9.17) is 0 Å². The summed E-state index contributed by atoms with van der Waals surface area (Å²) in [4.78, 5) is 16.2. The molecular formula is C14H26N4O. The van der Waals surface area contributed by atoms with E-state index in [1.165, 1.54) is 0 Å². The zero-order chi connectivity index (χ0) is 14.3. The molecule has 0 aromatic carbocycles. The van der Waals surface area contributed by atoms with Crippen molar-refractivity contribution >= 4 is 5.91 Å². The van der Waals surface area contributed by atoms with Crippen LogP contribution in [-0.4, -0.2) is 28.5 Å². The van der Waals surface area contributed by atoms with Gasteiger partial charge in [-0.15, -0.1) is 0 Å². The van der Waals surface area contributed by atoms with Crippen molar-refractivity contribution in [1.82, 2.24) is 20.2 Å². The molecule has 0 aliphatic heterocycles. The van der Waals surface area contributed by atoms with Gasteiger partial charge in [0.05, 0.1) is 12.6 Å². The van der Waals surface area contributed by atoms with Gasteiger partial charge in [0.25, 0.3) is 0 Å². The molecule has 0 bridgehead atoms. The Kier molecular flexibility index (Phi) is 6.56. The van der Waals surface area contributed by atoms with Crippen LogP contribution in [0, 0.1) is 5.92 Å². The molecule has 1 atom stereocenters. The second-order valence-electron chi connectivity index (χ2n) is 5.21. The normalized spacial score (nSPS) is 12.7. The predicted molar refractivity (Wildman–Crippen MR) is 76.7 cm³/mol. The third-order valence-corrected chi connectivity index (χ3v) is 3.04. The third-order valence-electron chi connectivity index (χ3n) is 3.04. The average Bonchev–Trinajstić information content (AvgIpc) is 2.81. The lowest BCUT2D eigenvalue weighted by atomic mass is 10.0. The Morgan fingerprint density at radius 1 is 1.47 bits per heavy atom. The Hall–Kier alpha value is -1.36. The molecule has 2 N–H and O–H groups in total. The van der Waals surface area contributed by atoms with Crippen LogP contribution in [0.15, 0.2) is 12.4 Å². The van der Waals surface area contributed by atoms with Crippen LogP contribution in [0.25, 0.3) is 0 Å². The summed E-state index contributed by atoms with van der Waals surface area (Å²) in [6.45, 7) is 7.97. The van der Waals surface area contributed by atoms with Crippen LogP contribution in [0.1, 0.15) is 39.4 Å². The third kappa shape index (κ3) is 5.03. The van der Waals surface area contributed by atoms with Crippen molar-refractivity contribution in [3.63, 3.8) is 0 Å². The van der Waals surface area contributed by atoms with Gasteiger partial charge in [0.1, 0.15) is 5.82 Å². The maximum atomic E-state index is 11.8. The molecule has 5 nitrogen and oxygen atoms in total. The van der Waals surface area contributed by atoms with Gasteiger partial charge in [-0.3, -0.25) is 10.1 Å². The lowest BCUT2D eigenvalue weighted by Crippen LogP contribution is -2.43. The Labute approximate surface area is 115 Å². The molecule has 5 heteroatoms. The van der Waals surface area contributed by atoms with E-state index in [2.05, 4.69) is 41.0 Å². The molecule has 0 radical (unpaired) electrons. The largest absolute Gasteiger partial charge is 0.358 e. The van der Waals surface area contributed by atoms with E-state index in [9.17, 15) is 4.79 Å². The van der Waals surface area contributed by atoms with Crippen LogP contribution in [0.5, 0.6) is 0 Å². The first-order chi connectivity index (χ1) is 9.08. The maximum absolute atomic E-state index is 11.8. The molecular weight excluding hydrogens is 240 g/mol. The molecule has 0 saturated heterocycles. The van der Waals surface area contributed by atoms with E-state index >= 15 is 0 Å². The summed E-state index contributed by atoms with van der Waals surface area (Å²) in [7, 11) is 1.68. The molecule has 1 heterocycles. The molecule has 0 fully saturated rings. The van der Waals surface area contributed by atoms with Gasteiger partial charge in [-0.25, -0.2) is 4.98 Å². The van der Waals surface area contributed by atoms with E-state index in [0.29, 0.717) is 12.5 Å². The summed E-state index contributed by atoms with van der Waals surface area (Å²) in [5.41, 5.74) is 0. The molecule has 1 aromatic rings. The molecule has 0 spiro atoms. The first-order valence-electron chi connectivity index (χ1n) is 7.03. The van der Waals surface area contributed by atoms with E-state index in [-0.39, 0.29) is 11.9 Å². The van der Waals surface area contributed by atoms with Crippen LogP contribution in [-0.2, 0) is 17.9 Å². The van der Waals surface area contributed by atoms with Crippen molar-refractivity contribution in [3.05, 3.63) is 18.2 Å². The fourth-order valence-corrected chi connectivity index (χ4v) is 2.09.